The zero-order chi connectivity index (χ0) is 22.5. The number of hydrogen-bond acceptors (Lipinski definition) is 6. The molecule has 0 bridgehead atoms. The summed E-state index contributed by atoms with van der Waals surface area (Å²) in [5.41, 5.74) is 4.30. The summed E-state index contributed by atoms with van der Waals surface area (Å²) in [7, 11) is 3.38. The quantitative estimate of drug-likeness (QED) is 0.425. The maximum absolute atomic E-state index is 12.2. The lowest BCUT2D eigenvalue weighted by atomic mass is 9.97. The Kier molecular flexibility index (Phi) is 7.22. The molecule has 1 aliphatic rings. The smallest absolute Gasteiger partial charge is 0.137 e. The van der Waals surface area contributed by atoms with Crippen LogP contribution in [0.15, 0.2) is 47.8 Å². The number of nitrogens with zero attached hydrogens (tertiary/aromatic N) is 2. The largest absolute Gasteiger partial charge is 0.496 e. The number of aldehydes is 1. The predicted octanol–water partition coefficient (Wildman–Crippen LogP) is 5.82. The Morgan fingerprint density at radius 3 is 2.47 bits per heavy atom. The predicted molar refractivity (Wildman–Crippen MR) is 128 cm³/mol. The minimum absolute atomic E-state index is 0.0315. The van der Waals surface area contributed by atoms with E-state index < -0.39 is 0 Å². The molecule has 2 unspecified atom stereocenters. The molecule has 0 radical (unpaired) electrons. The van der Waals surface area contributed by atoms with Crippen LogP contribution < -0.4 is 9.47 Å². The molecule has 3 aromatic rings. The summed E-state index contributed by atoms with van der Waals surface area (Å²) in [6.07, 6.45) is 5.01. The van der Waals surface area contributed by atoms with Crippen LogP contribution in [-0.2, 0) is 11.3 Å². The van der Waals surface area contributed by atoms with E-state index in [1.165, 1.54) is 5.56 Å². The van der Waals surface area contributed by atoms with Crippen molar-refractivity contribution in [2.75, 3.05) is 14.2 Å². The second-order valence-corrected chi connectivity index (χ2v) is 9.27. The number of rotatable bonds is 7. The van der Waals surface area contributed by atoms with Gasteiger partial charge in [-0.15, -0.1) is 11.3 Å². The maximum atomic E-state index is 12.2. The van der Waals surface area contributed by atoms with E-state index in [9.17, 15) is 4.79 Å². The van der Waals surface area contributed by atoms with E-state index in [4.69, 9.17) is 9.47 Å². The highest BCUT2D eigenvalue weighted by Gasteiger charge is 2.33. The molecule has 0 amide bonds. The van der Waals surface area contributed by atoms with Crippen LogP contribution >= 0.6 is 11.3 Å². The summed E-state index contributed by atoms with van der Waals surface area (Å²) in [4.78, 5) is 19.1. The third-order valence-electron chi connectivity index (χ3n) is 6.22. The van der Waals surface area contributed by atoms with E-state index in [0.717, 1.165) is 65.3 Å². The molecule has 1 saturated heterocycles. The molecule has 1 aromatic heterocycles. The van der Waals surface area contributed by atoms with Crippen LogP contribution in [0.4, 0.5) is 0 Å². The number of carbonyl (C=O) groups is 1. The summed E-state index contributed by atoms with van der Waals surface area (Å²) in [5.74, 6) is 1.61. The van der Waals surface area contributed by atoms with Crippen LogP contribution in [0.2, 0.25) is 0 Å². The highest BCUT2D eigenvalue weighted by atomic mass is 32.1. The van der Waals surface area contributed by atoms with Gasteiger partial charge in [0.2, 0.25) is 0 Å². The molecule has 1 aliphatic heterocycles. The molecule has 5 nitrogen and oxygen atoms in total. The second kappa shape index (κ2) is 10.3. The number of ether oxygens (including phenoxy) is 2. The van der Waals surface area contributed by atoms with Gasteiger partial charge in [-0.3, -0.25) is 4.90 Å². The van der Waals surface area contributed by atoms with Gasteiger partial charge in [0, 0.05) is 23.5 Å². The van der Waals surface area contributed by atoms with E-state index >= 15 is 0 Å². The van der Waals surface area contributed by atoms with Gasteiger partial charge in [-0.2, -0.15) is 0 Å². The van der Waals surface area contributed by atoms with Crippen LogP contribution in [0.3, 0.4) is 0 Å². The lowest BCUT2D eigenvalue weighted by Gasteiger charge is -2.35. The molecule has 32 heavy (non-hydrogen) atoms. The first-order valence-corrected chi connectivity index (χ1v) is 12.0. The van der Waals surface area contributed by atoms with Crippen molar-refractivity contribution in [1.82, 2.24) is 9.88 Å². The van der Waals surface area contributed by atoms with E-state index in [2.05, 4.69) is 39.5 Å². The summed E-state index contributed by atoms with van der Waals surface area (Å²) < 4.78 is 11.5. The van der Waals surface area contributed by atoms with Gasteiger partial charge in [-0.05, 0) is 43.5 Å². The number of likely N-dealkylation sites (tertiary alicyclic amines) is 1. The zero-order valence-corrected chi connectivity index (χ0v) is 19.7. The van der Waals surface area contributed by atoms with Crippen molar-refractivity contribution in [3.63, 3.8) is 0 Å². The Morgan fingerprint density at radius 2 is 1.81 bits per heavy atom. The fourth-order valence-corrected chi connectivity index (χ4v) is 5.30. The molecule has 6 heteroatoms. The van der Waals surface area contributed by atoms with E-state index in [1.807, 2.05) is 25.1 Å². The molecular formula is C26H30N2O3S. The molecule has 1 fully saturated rings. The summed E-state index contributed by atoms with van der Waals surface area (Å²) in [6.45, 7) is 2.70. The van der Waals surface area contributed by atoms with E-state index in [1.54, 1.807) is 25.6 Å². The Labute approximate surface area is 194 Å². The lowest BCUT2D eigenvalue weighted by Crippen LogP contribution is -2.38. The van der Waals surface area contributed by atoms with Gasteiger partial charge in [0.05, 0.1) is 36.5 Å². The summed E-state index contributed by atoms with van der Waals surface area (Å²) in [5, 5.41) is 3.15. The molecular weight excluding hydrogens is 420 g/mol. The average molecular weight is 451 g/mol. The molecule has 0 saturated carbocycles. The Hall–Kier alpha value is -2.70. The Balaban J connectivity index is 1.73. The van der Waals surface area contributed by atoms with Crippen LogP contribution in [0.5, 0.6) is 11.5 Å². The number of hydrogen-bond donors (Lipinski definition) is 0. The zero-order valence-electron chi connectivity index (χ0n) is 18.9. The van der Waals surface area contributed by atoms with Crippen molar-refractivity contribution in [3.8, 4) is 22.8 Å². The molecule has 0 N–H and O–H groups in total. The van der Waals surface area contributed by atoms with Crippen molar-refractivity contribution in [3.05, 3.63) is 64.0 Å². The molecule has 2 atom stereocenters. The fourth-order valence-electron chi connectivity index (χ4n) is 4.68. The van der Waals surface area contributed by atoms with Crippen molar-refractivity contribution in [2.45, 2.75) is 51.2 Å². The minimum Gasteiger partial charge on any atom is -0.496 e. The third kappa shape index (κ3) is 4.71. The van der Waals surface area contributed by atoms with Crippen LogP contribution in [0.1, 0.15) is 47.9 Å². The first-order valence-electron chi connectivity index (χ1n) is 11.1. The second-order valence-electron chi connectivity index (χ2n) is 8.20. The third-order valence-corrected chi connectivity index (χ3v) is 6.99. The van der Waals surface area contributed by atoms with Gasteiger partial charge >= 0.3 is 0 Å². The highest BCUT2D eigenvalue weighted by Crippen LogP contribution is 2.43. The van der Waals surface area contributed by atoms with Gasteiger partial charge in [0.25, 0.3) is 0 Å². The Bertz CT molecular complexity index is 1040. The molecule has 0 aliphatic carbocycles. The van der Waals surface area contributed by atoms with E-state index in [0.29, 0.717) is 6.54 Å². The first-order chi connectivity index (χ1) is 15.6. The van der Waals surface area contributed by atoms with Crippen molar-refractivity contribution < 1.29 is 14.3 Å². The van der Waals surface area contributed by atoms with Gasteiger partial charge in [0.1, 0.15) is 17.8 Å². The minimum atomic E-state index is -0.151. The number of aryl methyl sites for hydroxylation is 1. The van der Waals surface area contributed by atoms with Crippen LogP contribution in [0, 0.1) is 6.92 Å². The normalized spacial score (nSPS) is 19.3. The number of methoxy groups -OCH3 is 2. The van der Waals surface area contributed by atoms with Gasteiger partial charge < -0.3 is 14.3 Å². The van der Waals surface area contributed by atoms with Gasteiger partial charge in [-0.25, -0.2) is 4.98 Å². The van der Waals surface area contributed by atoms with E-state index in [-0.39, 0.29) is 12.1 Å². The van der Waals surface area contributed by atoms with Gasteiger partial charge in [-0.1, -0.05) is 37.1 Å². The average Bonchev–Trinajstić information content (AvgIpc) is 3.16. The lowest BCUT2D eigenvalue weighted by molar-refractivity contribution is -0.113. The molecule has 2 heterocycles. The first kappa shape index (κ1) is 22.5. The van der Waals surface area contributed by atoms with Crippen molar-refractivity contribution in [1.29, 1.82) is 0 Å². The number of thiazole rings is 1. The van der Waals surface area contributed by atoms with Gasteiger partial charge in [0.15, 0.2) is 0 Å². The standard InChI is InChI=1S/C26H30N2O3S/c1-18-27-22(17-32-18)20-9-6-8-19(14-20)15-28-21(16-29)10-4-5-11-23(28)26-24(30-2)12-7-13-25(26)31-3/h6-9,12-14,16-17,21,23H,4-5,10-11,15H2,1-3H3. The van der Waals surface area contributed by atoms with Crippen LogP contribution in [0.25, 0.3) is 11.3 Å². The van der Waals surface area contributed by atoms with Crippen molar-refractivity contribution in [2.24, 2.45) is 0 Å². The highest BCUT2D eigenvalue weighted by molar-refractivity contribution is 7.09. The molecule has 0 spiro atoms. The van der Waals surface area contributed by atoms with Crippen molar-refractivity contribution >= 4 is 17.6 Å². The number of aromatic nitrogens is 1. The van der Waals surface area contributed by atoms with Crippen LogP contribution in [-0.4, -0.2) is 36.4 Å². The number of carbonyl (C=O) groups excluding carboxylic acids is 1. The molecule has 4 rings (SSSR count). The molecule has 168 valence electrons. The Morgan fingerprint density at radius 1 is 1.09 bits per heavy atom. The topological polar surface area (TPSA) is 51.7 Å². The number of benzene rings is 2. The SMILES string of the molecule is COc1cccc(OC)c1C1CCCCC(C=O)N1Cc1cccc(-c2csc(C)n2)c1. The summed E-state index contributed by atoms with van der Waals surface area (Å²) in [6, 6.07) is 14.3. The monoisotopic (exact) mass is 450 g/mol. The maximum Gasteiger partial charge on any atom is 0.137 e. The molecule has 2 aromatic carbocycles. The fraction of sp³-hybridized carbons (Fsp3) is 0.385. The summed E-state index contributed by atoms with van der Waals surface area (Å²) >= 11 is 1.66.